The van der Waals surface area contributed by atoms with E-state index in [1.165, 1.54) is 0 Å². The lowest BCUT2D eigenvalue weighted by Crippen LogP contribution is -2.39. The summed E-state index contributed by atoms with van der Waals surface area (Å²) >= 11 is 0. The van der Waals surface area contributed by atoms with E-state index in [2.05, 4.69) is 10.4 Å². The highest BCUT2D eigenvalue weighted by Gasteiger charge is 2.41. The Hall–Kier alpha value is -1.88. The van der Waals surface area contributed by atoms with Crippen LogP contribution in [0.1, 0.15) is 16.9 Å². The van der Waals surface area contributed by atoms with Gasteiger partial charge in [0, 0.05) is 38.1 Å². The number of fused-ring (bicyclic) bond motifs is 2. The lowest BCUT2D eigenvalue weighted by Gasteiger charge is -2.22. The van der Waals surface area contributed by atoms with Crippen LogP contribution in [0, 0.1) is 5.92 Å². The van der Waals surface area contributed by atoms with Crippen LogP contribution in [0.4, 0.5) is 0 Å². The van der Waals surface area contributed by atoms with E-state index in [-0.39, 0.29) is 5.91 Å². The van der Waals surface area contributed by atoms with Crippen LogP contribution in [-0.4, -0.2) is 46.3 Å². The molecule has 3 heterocycles. The fourth-order valence-corrected chi connectivity index (χ4v) is 3.61. The molecule has 0 aliphatic carbocycles. The zero-order chi connectivity index (χ0) is 13.7. The van der Waals surface area contributed by atoms with Crippen LogP contribution in [0.15, 0.2) is 24.3 Å². The van der Waals surface area contributed by atoms with Gasteiger partial charge in [-0.05, 0) is 18.4 Å². The first-order valence-electron chi connectivity index (χ1n) is 7.19. The van der Waals surface area contributed by atoms with Crippen LogP contribution in [0.25, 0.3) is 10.9 Å². The number of para-hydroxylation sites is 1. The first-order chi connectivity index (χ1) is 9.75. The summed E-state index contributed by atoms with van der Waals surface area (Å²) in [4.78, 5) is 14.9. The number of rotatable bonds is 1. The summed E-state index contributed by atoms with van der Waals surface area (Å²) in [5, 5.41) is 8.79. The molecule has 0 saturated carbocycles. The molecule has 0 bridgehead atoms. The van der Waals surface area contributed by atoms with E-state index in [1.54, 1.807) is 4.68 Å². The molecule has 0 unspecified atom stereocenters. The van der Waals surface area contributed by atoms with E-state index >= 15 is 0 Å². The van der Waals surface area contributed by atoms with Crippen molar-refractivity contribution in [1.29, 1.82) is 0 Å². The monoisotopic (exact) mass is 270 g/mol. The number of amides is 1. The highest BCUT2D eigenvalue weighted by molar-refractivity contribution is 6.05. The molecule has 2 atom stereocenters. The Kier molecular flexibility index (Phi) is 2.57. The average molecular weight is 270 g/mol. The van der Waals surface area contributed by atoms with Crippen LogP contribution in [-0.2, 0) is 7.05 Å². The van der Waals surface area contributed by atoms with Crippen molar-refractivity contribution in [3.63, 3.8) is 0 Å². The zero-order valence-electron chi connectivity index (χ0n) is 11.5. The molecule has 0 radical (unpaired) electrons. The fraction of sp³-hybridized carbons (Fsp3) is 0.467. The third kappa shape index (κ3) is 1.59. The van der Waals surface area contributed by atoms with Gasteiger partial charge in [0.15, 0.2) is 5.69 Å². The van der Waals surface area contributed by atoms with Crippen molar-refractivity contribution >= 4 is 16.8 Å². The van der Waals surface area contributed by atoms with E-state index in [0.29, 0.717) is 17.7 Å². The van der Waals surface area contributed by atoms with Gasteiger partial charge in [-0.15, -0.1) is 0 Å². The van der Waals surface area contributed by atoms with Crippen molar-refractivity contribution in [2.24, 2.45) is 13.0 Å². The minimum atomic E-state index is 0.0815. The smallest absolute Gasteiger partial charge is 0.275 e. The molecule has 1 N–H and O–H groups in total. The van der Waals surface area contributed by atoms with E-state index in [9.17, 15) is 4.79 Å². The van der Waals surface area contributed by atoms with Crippen molar-refractivity contribution in [3.8, 4) is 0 Å². The summed E-state index contributed by atoms with van der Waals surface area (Å²) in [6.45, 7) is 2.82. The van der Waals surface area contributed by atoms with Crippen LogP contribution in [0.3, 0.4) is 0 Å². The molecule has 5 heteroatoms. The van der Waals surface area contributed by atoms with Gasteiger partial charge in [0.05, 0.1) is 5.52 Å². The van der Waals surface area contributed by atoms with Crippen molar-refractivity contribution < 1.29 is 4.79 Å². The average Bonchev–Trinajstić information content (AvgIpc) is 3.13. The molecule has 5 nitrogen and oxygen atoms in total. The highest BCUT2D eigenvalue weighted by atomic mass is 16.2. The second-order valence-electron chi connectivity index (χ2n) is 5.76. The predicted molar refractivity (Wildman–Crippen MR) is 76.5 cm³/mol. The number of carbonyl (C=O) groups excluding carboxylic acids is 1. The molecule has 20 heavy (non-hydrogen) atoms. The lowest BCUT2D eigenvalue weighted by molar-refractivity contribution is 0.0732. The molecule has 2 aliphatic rings. The quantitative estimate of drug-likeness (QED) is 0.841. The molecule has 2 saturated heterocycles. The fourth-order valence-electron chi connectivity index (χ4n) is 3.61. The molecule has 0 spiro atoms. The Bertz CT molecular complexity index is 678. The standard InChI is InChI=1S/C15H18N4O/c1-18-12-5-3-2-4-11(12)14(17-18)15(20)19-7-6-10-8-16-9-13(10)19/h2-5,10,13,16H,6-9H2,1H3/t10-,13+/m0/s1. The number of likely N-dealkylation sites (tertiary alicyclic amines) is 1. The number of benzene rings is 1. The Morgan fingerprint density at radius 2 is 2.20 bits per heavy atom. The van der Waals surface area contributed by atoms with Gasteiger partial charge < -0.3 is 10.2 Å². The summed E-state index contributed by atoms with van der Waals surface area (Å²) < 4.78 is 1.79. The maximum Gasteiger partial charge on any atom is 0.275 e. The van der Waals surface area contributed by atoms with Gasteiger partial charge in [0.1, 0.15) is 0 Å². The SMILES string of the molecule is Cn1nc(C(=O)N2CC[C@H]3CNC[C@H]32)c2ccccc21. The number of nitrogens with zero attached hydrogens (tertiary/aromatic N) is 3. The zero-order valence-corrected chi connectivity index (χ0v) is 11.5. The first kappa shape index (κ1) is 11.9. The van der Waals surface area contributed by atoms with Gasteiger partial charge in [-0.25, -0.2) is 0 Å². The molecule has 2 fully saturated rings. The number of hydrogen-bond acceptors (Lipinski definition) is 3. The van der Waals surface area contributed by atoms with Crippen LogP contribution in [0.2, 0.25) is 0 Å². The van der Waals surface area contributed by atoms with E-state index in [4.69, 9.17) is 0 Å². The van der Waals surface area contributed by atoms with Crippen LogP contribution >= 0.6 is 0 Å². The molecule has 1 aromatic carbocycles. The minimum Gasteiger partial charge on any atom is -0.333 e. The van der Waals surface area contributed by atoms with E-state index < -0.39 is 0 Å². The van der Waals surface area contributed by atoms with Crippen molar-refractivity contribution in [3.05, 3.63) is 30.0 Å². The van der Waals surface area contributed by atoms with Gasteiger partial charge in [0.2, 0.25) is 0 Å². The Labute approximate surface area is 117 Å². The van der Waals surface area contributed by atoms with Crippen LogP contribution in [0.5, 0.6) is 0 Å². The summed E-state index contributed by atoms with van der Waals surface area (Å²) in [6.07, 6.45) is 1.11. The minimum absolute atomic E-state index is 0.0815. The van der Waals surface area contributed by atoms with Gasteiger partial charge in [0.25, 0.3) is 5.91 Å². The van der Waals surface area contributed by atoms with Gasteiger partial charge in [-0.3, -0.25) is 9.48 Å². The Balaban J connectivity index is 1.74. The summed E-state index contributed by atoms with van der Waals surface area (Å²) in [6, 6.07) is 8.28. The molecular formula is C15H18N4O. The number of aromatic nitrogens is 2. The molecule has 104 valence electrons. The lowest BCUT2D eigenvalue weighted by atomic mass is 10.1. The van der Waals surface area contributed by atoms with Gasteiger partial charge in [-0.2, -0.15) is 5.10 Å². The number of carbonyl (C=O) groups is 1. The first-order valence-corrected chi connectivity index (χ1v) is 7.19. The number of nitrogens with one attached hydrogen (secondary N) is 1. The second-order valence-corrected chi connectivity index (χ2v) is 5.76. The highest BCUT2D eigenvalue weighted by Crippen LogP contribution is 2.29. The summed E-state index contributed by atoms with van der Waals surface area (Å²) in [5.74, 6) is 0.701. The van der Waals surface area contributed by atoms with Crippen molar-refractivity contribution in [2.45, 2.75) is 12.5 Å². The predicted octanol–water partition coefficient (Wildman–Crippen LogP) is 1.01. The van der Waals surface area contributed by atoms with Crippen molar-refractivity contribution in [2.75, 3.05) is 19.6 Å². The Morgan fingerprint density at radius 1 is 1.35 bits per heavy atom. The molecule has 1 aromatic heterocycles. The van der Waals surface area contributed by atoms with E-state index in [0.717, 1.165) is 37.0 Å². The van der Waals surface area contributed by atoms with Gasteiger partial charge >= 0.3 is 0 Å². The number of aryl methyl sites for hydroxylation is 1. The molecule has 1 amide bonds. The Morgan fingerprint density at radius 3 is 3.10 bits per heavy atom. The maximum atomic E-state index is 12.8. The van der Waals surface area contributed by atoms with Crippen molar-refractivity contribution in [1.82, 2.24) is 20.0 Å². The third-order valence-electron chi connectivity index (χ3n) is 4.67. The summed E-state index contributed by atoms with van der Waals surface area (Å²) in [7, 11) is 1.89. The molecule has 4 rings (SSSR count). The number of hydrogen-bond donors (Lipinski definition) is 1. The maximum absolute atomic E-state index is 12.8. The van der Waals surface area contributed by atoms with Gasteiger partial charge in [-0.1, -0.05) is 18.2 Å². The third-order valence-corrected chi connectivity index (χ3v) is 4.67. The summed E-state index contributed by atoms with van der Waals surface area (Å²) in [5.41, 5.74) is 1.60. The second kappa shape index (κ2) is 4.31. The molecular weight excluding hydrogens is 252 g/mol. The topological polar surface area (TPSA) is 50.2 Å². The largest absolute Gasteiger partial charge is 0.333 e. The van der Waals surface area contributed by atoms with E-state index in [1.807, 2.05) is 36.2 Å². The molecule has 2 aromatic rings. The normalized spacial score (nSPS) is 25.4. The van der Waals surface area contributed by atoms with Crippen LogP contribution < -0.4 is 5.32 Å². The molecule has 2 aliphatic heterocycles.